The molecule has 2 saturated heterocycles. The highest BCUT2D eigenvalue weighted by Crippen LogP contribution is 2.37. The van der Waals surface area contributed by atoms with Crippen LogP contribution >= 0.6 is 0 Å². The summed E-state index contributed by atoms with van der Waals surface area (Å²) in [7, 11) is -0.333. The van der Waals surface area contributed by atoms with Gasteiger partial charge < -0.3 is 24.6 Å². The molecule has 0 radical (unpaired) electrons. The molecular weight excluding hydrogens is 594 g/mol. The number of rotatable bonds is 6. The summed E-state index contributed by atoms with van der Waals surface area (Å²) in [5.41, 5.74) is 2.00. The van der Waals surface area contributed by atoms with Gasteiger partial charge in [-0.2, -0.15) is 0 Å². The minimum absolute atomic E-state index is 0.00738. The van der Waals surface area contributed by atoms with Crippen molar-refractivity contribution < 1.29 is 32.3 Å². The fraction of sp³-hybridized carbons (Fsp3) is 0.559. The number of hydrogen-bond acceptors (Lipinski definition) is 7. The number of amides is 3. The van der Waals surface area contributed by atoms with Crippen LogP contribution in [0.2, 0.25) is 0 Å². The normalized spacial score (nSPS) is 23.1. The van der Waals surface area contributed by atoms with Crippen LogP contribution in [0.25, 0.3) is 0 Å². The zero-order valence-electron chi connectivity index (χ0n) is 26.3. The van der Waals surface area contributed by atoms with E-state index in [2.05, 4.69) is 11.4 Å². The maximum atomic E-state index is 13.8. The number of aryl methyl sites for hydroxylation is 2. The Kier molecular flexibility index (Phi) is 10.7. The number of likely N-dealkylation sites (tertiary alicyclic amines) is 1. The Morgan fingerprint density at radius 2 is 1.76 bits per heavy atom. The highest BCUT2D eigenvalue weighted by atomic mass is 32.2. The van der Waals surface area contributed by atoms with E-state index in [-0.39, 0.29) is 52.7 Å². The molecule has 3 heterocycles. The van der Waals surface area contributed by atoms with Crippen LogP contribution in [-0.4, -0.2) is 88.1 Å². The molecule has 11 heteroatoms. The third kappa shape index (κ3) is 7.98. The van der Waals surface area contributed by atoms with Crippen LogP contribution in [0.4, 0.5) is 0 Å². The number of ether oxygens (including phenoxy) is 2. The van der Waals surface area contributed by atoms with Crippen LogP contribution in [0.5, 0.6) is 11.5 Å². The maximum absolute atomic E-state index is 13.8. The van der Waals surface area contributed by atoms with Crippen molar-refractivity contribution in [3.05, 3.63) is 53.6 Å². The van der Waals surface area contributed by atoms with Crippen molar-refractivity contribution >= 4 is 27.6 Å². The van der Waals surface area contributed by atoms with Gasteiger partial charge in [0.1, 0.15) is 0 Å². The van der Waals surface area contributed by atoms with Gasteiger partial charge >= 0.3 is 0 Å². The van der Waals surface area contributed by atoms with Gasteiger partial charge in [-0.05, 0) is 79.7 Å². The Labute approximate surface area is 266 Å². The number of nitrogens with one attached hydrogen (secondary N) is 1. The molecule has 2 aromatic carbocycles. The lowest BCUT2D eigenvalue weighted by Crippen LogP contribution is -2.60. The van der Waals surface area contributed by atoms with Crippen LogP contribution in [0.1, 0.15) is 56.1 Å². The summed E-state index contributed by atoms with van der Waals surface area (Å²) in [6.07, 6.45) is 4.94. The number of sulfone groups is 1. The van der Waals surface area contributed by atoms with E-state index in [9.17, 15) is 22.8 Å². The number of nitrogens with zero attached hydrogens (tertiary/aromatic N) is 2. The molecule has 0 aliphatic carbocycles. The molecule has 3 atom stereocenters. The Balaban J connectivity index is 1.30. The van der Waals surface area contributed by atoms with Gasteiger partial charge in [-0.15, -0.1) is 0 Å². The topological polar surface area (TPSA) is 122 Å². The SMILES string of the molecule is COc1cc2cc(c1OC)CCCNC(=O)CCC[C@H]1[C@@H]3C[C@@H](CN(C(=O)CCS(=O)(=O)c4ccccc4)C3)CN1C(=O)CC2. The lowest BCUT2D eigenvalue weighted by atomic mass is 9.77. The second kappa shape index (κ2) is 14.7. The van der Waals surface area contributed by atoms with Crippen LogP contribution in [0.3, 0.4) is 0 Å². The third-order valence-corrected chi connectivity index (χ3v) is 11.2. The number of hydrogen-bond donors (Lipinski definition) is 1. The van der Waals surface area contributed by atoms with Gasteiger partial charge in [0.05, 0.1) is 24.9 Å². The zero-order chi connectivity index (χ0) is 32.0. The summed E-state index contributed by atoms with van der Waals surface area (Å²) in [6, 6.07) is 12.1. The summed E-state index contributed by atoms with van der Waals surface area (Å²) in [6.45, 7) is 2.11. The number of carbonyl (C=O) groups is 3. The molecule has 4 bridgehead atoms. The number of fused-ring (bicyclic) bond motifs is 6. The zero-order valence-corrected chi connectivity index (χ0v) is 27.1. The molecule has 244 valence electrons. The Morgan fingerprint density at radius 1 is 0.956 bits per heavy atom. The quantitative estimate of drug-likeness (QED) is 0.514. The fourth-order valence-corrected chi connectivity index (χ4v) is 8.48. The predicted octanol–water partition coefficient (Wildman–Crippen LogP) is 3.41. The monoisotopic (exact) mass is 639 g/mol. The average molecular weight is 640 g/mol. The van der Waals surface area contributed by atoms with E-state index in [1.165, 1.54) is 0 Å². The molecule has 3 aliphatic heterocycles. The van der Waals surface area contributed by atoms with Crippen molar-refractivity contribution in [2.24, 2.45) is 11.8 Å². The van der Waals surface area contributed by atoms with Gasteiger partial charge in [0.15, 0.2) is 21.3 Å². The van der Waals surface area contributed by atoms with Gasteiger partial charge in [-0.1, -0.05) is 24.3 Å². The summed E-state index contributed by atoms with van der Waals surface area (Å²) >= 11 is 0. The van der Waals surface area contributed by atoms with Gasteiger partial charge in [-0.25, -0.2) is 8.42 Å². The second-order valence-electron chi connectivity index (χ2n) is 12.5. The van der Waals surface area contributed by atoms with E-state index in [4.69, 9.17) is 9.47 Å². The van der Waals surface area contributed by atoms with Crippen LogP contribution in [0, 0.1) is 11.8 Å². The first-order valence-corrected chi connectivity index (χ1v) is 17.7. The number of benzene rings is 2. The van der Waals surface area contributed by atoms with Crippen LogP contribution in [0.15, 0.2) is 47.4 Å². The van der Waals surface area contributed by atoms with Crippen molar-refractivity contribution in [2.45, 2.75) is 68.7 Å². The molecule has 10 nitrogen and oxygen atoms in total. The number of piperidine rings is 2. The van der Waals surface area contributed by atoms with Gasteiger partial charge in [0.2, 0.25) is 17.7 Å². The highest BCUT2D eigenvalue weighted by molar-refractivity contribution is 7.91. The summed E-state index contributed by atoms with van der Waals surface area (Å²) in [5.74, 6) is 1.19. The van der Waals surface area contributed by atoms with E-state index in [0.717, 1.165) is 24.0 Å². The lowest BCUT2D eigenvalue weighted by Gasteiger charge is -2.51. The number of carbonyl (C=O) groups excluding carboxylic acids is 3. The minimum Gasteiger partial charge on any atom is -0.493 e. The van der Waals surface area contributed by atoms with Crippen molar-refractivity contribution in [3.8, 4) is 11.5 Å². The van der Waals surface area contributed by atoms with Crippen LogP contribution < -0.4 is 14.8 Å². The largest absolute Gasteiger partial charge is 0.493 e. The van der Waals surface area contributed by atoms with Crippen LogP contribution in [-0.2, 0) is 37.1 Å². The van der Waals surface area contributed by atoms with Crippen molar-refractivity contribution in [2.75, 3.05) is 46.2 Å². The molecule has 0 unspecified atom stereocenters. The van der Waals surface area contributed by atoms with E-state index in [0.29, 0.717) is 76.2 Å². The summed E-state index contributed by atoms with van der Waals surface area (Å²) in [4.78, 5) is 43.8. The lowest BCUT2D eigenvalue weighted by molar-refractivity contribution is -0.145. The molecular formula is C34H45N3O7S. The van der Waals surface area contributed by atoms with Gasteiger partial charge in [0, 0.05) is 51.5 Å². The molecule has 3 aliphatic rings. The Morgan fingerprint density at radius 3 is 2.51 bits per heavy atom. The number of methoxy groups -OCH3 is 2. The Hall–Kier alpha value is -3.60. The molecule has 0 saturated carbocycles. The first-order chi connectivity index (χ1) is 21.7. The van der Waals surface area contributed by atoms with E-state index in [1.807, 2.05) is 11.0 Å². The first-order valence-electron chi connectivity index (χ1n) is 16.0. The average Bonchev–Trinajstić information content (AvgIpc) is 3.04. The first kappa shape index (κ1) is 32.8. The molecule has 3 amide bonds. The molecule has 0 aromatic heterocycles. The summed E-state index contributed by atoms with van der Waals surface area (Å²) in [5, 5.41) is 3.03. The fourth-order valence-electron chi connectivity index (χ4n) is 7.23. The van der Waals surface area contributed by atoms with Crippen molar-refractivity contribution in [3.63, 3.8) is 0 Å². The molecule has 2 aromatic rings. The predicted molar refractivity (Wildman–Crippen MR) is 170 cm³/mol. The van der Waals surface area contributed by atoms with Crippen molar-refractivity contribution in [1.29, 1.82) is 0 Å². The molecule has 0 spiro atoms. The van der Waals surface area contributed by atoms with E-state index in [1.54, 1.807) is 49.5 Å². The molecule has 45 heavy (non-hydrogen) atoms. The standard InChI is InChI=1S/C34H45N3O7S/c1-43-30-20-24-13-14-33(40)37-22-25-19-27(23-36(21-25)32(39)15-17-45(41,42)28-9-4-3-5-10-28)29(37)11-6-12-31(38)35-16-7-8-26(18-24)34(30)44-2/h3-5,9-10,18,20,25,27,29H,6-8,11-17,19,21-23H2,1-2H3,(H,35,38)/t25-,27+,29-/m0/s1. The summed E-state index contributed by atoms with van der Waals surface area (Å²) < 4.78 is 36.8. The highest BCUT2D eigenvalue weighted by Gasteiger charge is 2.43. The molecule has 2 fully saturated rings. The second-order valence-corrected chi connectivity index (χ2v) is 14.6. The molecule has 1 N–H and O–H groups in total. The minimum atomic E-state index is -3.56. The van der Waals surface area contributed by atoms with Crippen molar-refractivity contribution in [1.82, 2.24) is 15.1 Å². The van der Waals surface area contributed by atoms with Gasteiger partial charge in [0.25, 0.3) is 0 Å². The smallest absolute Gasteiger partial charge is 0.223 e. The van der Waals surface area contributed by atoms with E-state index < -0.39 is 9.84 Å². The molecule has 5 rings (SSSR count). The Bertz CT molecular complexity index is 1480. The maximum Gasteiger partial charge on any atom is 0.223 e. The van der Waals surface area contributed by atoms with Gasteiger partial charge in [-0.3, -0.25) is 14.4 Å². The third-order valence-electron chi connectivity index (χ3n) is 9.42. The van der Waals surface area contributed by atoms with E-state index >= 15 is 0 Å².